The number of benzene rings is 1. The van der Waals surface area contributed by atoms with Crippen LogP contribution >= 0.6 is 11.6 Å². The lowest BCUT2D eigenvalue weighted by molar-refractivity contribution is 0.393. The number of aryl methyl sites for hydroxylation is 1. The van der Waals surface area contributed by atoms with Crippen molar-refractivity contribution in [2.75, 3.05) is 13.1 Å². The summed E-state index contributed by atoms with van der Waals surface area (Å²) in [5.41, 5.74) is 3.44. The van der Waals surface area contributed by atoms with E-state index in [1.165, 1.54) is 36.8 Å². The van der Waals surface area contributed by atoms with Crippen LogP contribution in [0, 0.1) is 0 Å². The van der Waals surface area contributed by atoms with Crippen molar-refractivity contribution in [1.29, 1.82) is 0 Å². The van der Waals surface area contributed by atoms with E-state index in [9.17, 15) is 0 Å². The molecule has 1 heterocycles. The van der Waals surface area contributed by atoms with Crippen LogP contribution in [-0.4, -0.2) is 13.1 Å². The summed E-state index contributed by atoms with van der Waals surface area (Å²) in [6.45, 7) is 2.30. The van der Waals surface area contributed by atoms with Crippen LogP contribution in [0.1, 0.15) is 30.4 Å². The predicted molar refractivity (Wildman–Crippen MR) is 63.6 cm³/mol. The maximum absolute atomic E-state index is 6.12. The molecule has 1 unspecified atom stereocenters. The Labute approximate surface area is 95.8 Å². The Hall–Kier alpha value is -0.530. The smallest absolute Gasteiger partial charge is 0.0409 e. The first-order valence-corrected chi connectivity index (χ1v) is 6.18. The van der Waals surface area contributed by atoms with Crippen LogP contribution in [0.5, 0.6) is 0 Å². The van der Waals surface area contributed by atoms with Gasteiger partial charge in [0.2, 0.25) is 0 Å². The molecule has 1 aliphatic heterocycles. The standard InChI is InChI=1S/C13H16ClN/c14-11-4-3-10-2-1-5-13(12(10)8-11)6-7-15-9-13/h3-4,8,15H,1-2,5-7,9H2. The van der Waals surface area contributed by atoms with Gasteiger partial charge in [-0.1, -0.05) is 17.7 Å². The third kappa shape index (κ3) is 1.49. The Balaban J connectivity index is 2.12. The van der Waals surface area contributed by atoms with Gasteiger partial charge < -0.3 is 5.32 Å². The van der Waals surface area contributed by atoms with E-state index in [1.54, 1.807) is 0 Å². The third-order valence-electron chi connectivity index (χ3n) is 3.99. The van der Waals surface area contributed by atoms with Gasteiger partial charge in [0.1, 0.15) is 0 Å². The molecule has 2 aliphatic rings. The topological polar surface area (TPSA) is 12.0 Å². The van der Waals surface area contributed by atoms with E-state index >= 15 is 0 Å². The SMILES string of the molecule is Clc1ccc2c(c1)C1(CCC2)CCNC1. The van der Waals surface area contributed by atoms with Gasteiger partial charge in [-0.3, -0.25) is 0 Å². The van der Waals surface area contributed by atoms with Gasteiger partial charge in [0.05, 0.1) is 0 Å². The first-order valence-electron chi connectivity index (χ1n) is 5.80. The second-order valence-electron chi connectivity index (χ2n) is 4.86. The molecule has 1 aliphatic carbocycles. The Bertz CT molecular complexity index is 380. The van der Waals surface area contributed by atoms with Gasteiger partial charge in [-0.2, -0.15) is 0 Å². The summed E-state index contributed by atoms with van der Waals surface area (Å²) in [4.78, 5) is 0. The summed E-state index contributed by atoms with van der Waals surface area (Å²) in [5.74, 6) is 0. The van der Waals surface area contributed by atoms with Crippen molar-refractivity contribution in [3.63, 3.8) is 0 Å². The maximum atomic E-state index is 6.12. The molecule has 0 aromatic heterocycles. The summed E-state index contributed by atoms with van der Waals surface area (Å²) in [7, 11) is 0. The summed E-state index contributed by atoms with van der Waals surface area (Å²) >= 11 is 6.12. The average molecular weight is 222 g/mol. The molecule has 1 aromatic carbocycles. The molecule has 1 saturated heterocycles. The molecular weight excluding hydrogens is 206 g/mol. The lowest BCUT2D eigenvalue weighted by Crippen LogP contribution is -2.33. The maximum Gasteiger partial charge on any atom is 0.0409 e. The fraction of sp³-hybridized carbons (Fsp3) is 0.538. The van der Waals surface area contributed by atoms with Crippen LogP contribution in [0.25, 0.3) is 0 Å². The van der Waals surface area contributed by atoms with Gasteiger partial charge in [0.15, 0.2) is 0 Å². The molecule has 1 N–H and O–H groups in total. The molecule has 0 bridgehead atoms. The van der Waals surface area contributed by atoms with Crippen molar-refractivity contribution >= 4 is 11.6 Å². The molecule has 3 rings (SSSR count). The van der Waals surface area contributed by atoms with Crippen molar-refractivity contribution in [3.8, 4) is 0 Å². The molecule has 0 radical (unpaired) electrons. The monoisotopic (exact) mass is 221 g/mol. The zero-order valence-electron chi connectivity index (χ0n) is 8.85. The van der Waals surface area contributed by atoms with E-state index < -0.39 is 0 Å². The number of rotatable bonds is 0. The Morgan fingerprint density at radius 3 is 3.00 bits per heavy atom. The molecule has 15 heavy (non-hydrogen) atoms. The summed E-state index contributed by atoms with van der Waals surface area (Å²) in [6.07, 6.45) is 5.16. The summed E-state index contributed by atoms with van der Waals surface area (Å²) < 4.78 is 0. The van der Waals surface area contributed by atoms with Gasteiger partial charge in [-0.25, -0.2) is 0 Å². The minimum absolute atomic E-state index is 0.401. The molecule has 1 aromatic rings. The van der Waals surface area contributed by atoms with E-state index in [1.807, 2.05) is 6.07 Å². The highest BCUT2D eigenvalue weighted by Gasteiger charge is 2.38. The molecule has 1 spiro atoms. The molecule has 1 nitrogen and oxygen atoms in total. The van der Waals surface area contributed by atoms with Gasteiger partial charge in [0, 0.05) is 17.0 Å². The fourth-order valence-corrected chi connectivity index (χ4v) is 3.37. The number of fused-ring (bicyclic) bond motifs is 2. The summed E-state index contributed by atoms with van der Waals surface area (Å²) in [6, 6.07) is 6.45. The van der Waals surface area contributed by atoms with Gasteiger partial charge in [-0.05, 0) is 55.5 Å². The largest absolute Gasteiger partial charge is 0.316 e. The number of nitrogens with one attached hydrogen (secondary N) is 1. The highest BCUT2D eigenvalue weighted by Crippen LogP contribution is 2.42. The predicted octanol–water partition coefficient (Wildman–Crippen LogP) is 2.91. The molecule has 0 saturated carbocycles. The Morgan fingerprint density at radius 2 is 2.20 bits per heavy atom. The third-order valence-corrected chi connectivity index (χ3v) is 4.22. The van der Waals surface area contributed by atoms with Crippen LogP contribution in [0.3, 0.4) is 0 Å². The lowest BCUT2D eigenvalue weighted by atomic mass is 9.69. The van der Waals surface area contributed by atoms with Gasteiger partial charge in [-0.15, -0.1) is 0 Å². The highest BCUT2D eigenvalue weighted by molar-refractivity contribution is 6.30. The zero-order chi connectivity index (χ0) is 10.3. The highest BCUT2D eigenvalue weighted by atomic mass is 35.5. The van der Waals surface area contributed by atoms with Crippen LogP contribution in [0.15, 0.2) is 18.2 Å². The molecule has 2 heteroatoms. The normalized spacial score (nSPS) is 29.4. The molecule has 80 valence electrons. The van der Waals surface area contributed by atoms with E-state index in [-0.39, 0.29) is 0 Å². The van der Waals surface area contributed by atoms with E-state index in [0.717, 1.165) is 18.1 Å². The van der Waals surface area contributed by atoms with Gasteiger partial charge >= 0.3 is 0 Å². The Morgan fingerprint density at radius 1 is 1.27 bits per heavy atom. The van der Waals surface area contributed by atoms with Crippen LogP contribution in [-0.2, 0) is 11.8 Å². The Kier molecular flexibility index (Phi) is 2.26. The van der Waals surface area contributed by atoms with Gasteiger partial charge in [0.25, 0.3) is 0 Å². The van der Waals surface area contributed by atoms with Crippen molar-refractivity contribution in [1.82, 2.24) is 5.32 Å². The molecule has 1 fully saturated rings. The molecular formula is C13H16ClN. The molecule has 1 atom stereocenters. The number of hydrogen-bond donors (Lipinski definition) is 1. The van der Waals surface area contributed by atoms with E-state index in [0.29, 0.717) is 5.41 Å². The average Bonchev–Trinajstić information content (AvgIpc) is 2.69. The first kappa shape index (κ1) is 9.68. The first-order chi connectivity index (χ1) is 7.30. The minimum atomic E-state index is 0.401. The van der Waals surface area contributed by atoms with E-state index in [2.05, 4.69) is 17.4 Å². The number of hydrogen-bond acceptors (Lipinski definition) is 1. The van der Waals surface area contributed by atoms with Crippen molar-refractivity contribution < 1.29 is 0 Å². The van der Waals surface area contributed by atoms with Crippen molar-refractivity contribution in [2.24, 2.45) is 0 Å². The van der Waals surface area contributed by atoms with Crippen molar-refractivity contribution in [3.05, 3.63) is 34.3 Å². The van der Waals surface area contributed by atoms with E-state index in [4.69, 9.17) is 11.6 Å². The van der Waals surface area contributed by atoms with Crippen LogP contribution in [0.2, 0.25) is 5.02 Å². The van der Waals surface area contributed by atoms with Crippen LogP contribution in [0.4, 0.5) is 0 Å². The number of halogens is 1. The second kappa shape index (κ2) is 3.50. The lowest BCUT2D eigenvalue weighted by Gasteiger charge is -2.35. The zero-order valence-corrected chi connectivity index (χ0v) is 9.61. The molecule has 0 amide bonds. The fourth-order valence-electron chi connectivity index (χ4n) is 3.20. The van der Waals surface area contributed by atoms with Crippen LogP contribution < -0.4 is 5.32 Å². The minimum Gasteiger partial charge on any atom is -0.316 e. The summed E-state index contributed by atoms with van der Waals surface area (Å²) in [5, 5.41) is 4.39. The quantitative estimate of drug-likeness (QED) is 0.711. The second-order valence-corrected chi connectivity index (χ2v) is 5.30. The van der Waals surface area contributed by atoms with Crippen molar-refractivity contribution in [2.45, 2.75) is 31.1 Å².